The number of rotatable bonds is 0. The number of nitrogens with zero attached hydrogens (tertiary/aromatic N) is 5. The molecule has 0 unspecified atom stereocenters. The molecule has 0 aliphatic carbocycles. The van der Waals surface area contributed by atoms with Crippen molar-refractivity contribution >= 4 is 0 Å². The van der Waals surface area contributed by atoms with Crippen LogP contribution < -0.4 is 12.3 Å². The molecule has 0 atom stereocenters. The molecule has 0 heterocycles. The summed E-state index contributed by atoms with van der Waals surface area (Å²) in [6.45, 7) is 0. The molecule has 0 spiro atoms. The summed E-state index contributed by atoms with van der Waals surface area (Å²) in [4.78, 5) is 32.0. The number of quaternary nitrogens is 1. The fourth-order valence-electron chi connectivity index (χ4n) is 0. The van der Waals surface area contributed by atoms with E-state index in [1.807, 2.05) is 0 Å². The van der Waals surface area contributed by atoms with Gasteiger partial charge in [0.1, 0.15) is 0 Å². The van der Waals surface area contributed by atoms with Gasteiger partial charge in [-0.15, -0.1) is 21.4 Å². The van der Waals surface area contributed by atoms with Gasteiger partial charge in [0.05, 0.1) is 28.2 Å². The second kappa shape index (κ2) is 68.1. The molecule has 0 saturated carbocycles. The Bertz CT molecular complexity index is 137. The largest absolute Gasteiger partial charge is 3.00 e. The van der Waals surface area contributed by atoms with Crippen molar-refractivity contribution in [3.05, 3.63) is 40.5 Å². The van der Waals surface area contributed by atoms with E-state index in [0.717, 1.165) is 25.8 Å². The summed E-state index contributed by atoms with van der Waals surface area (Å²) in [7, 11) is 8.50. The molecule has 0 bridgehead atoms. The molecule has 0 rings (SSSR count). The first kappa shape index (κ1) is 52.0. The van der Waals surface area contributed by atoms with E-state index >= 15 is 0 Å². The van der Waals surface area contributed by atoms with Crippen molar-refractivity contribution in [2.75, 3.05) is 28.2 Å². The van der Waals surface area contributed by atoms with Gasteiger partial charge in [0.2, 0.25) is 0 Å². The van der Waals surface area contributed by atoms with Crippen LogP contribution in [0.3, 0.4) is 0 Å². The molecule has 20 heavy (non-hydrogen) atoms. The van der Waals surface area contributed by atoms with Gasteiger partial charge >= 0.3 is 16.8 Å². The normalized spacial score (nSPS) is 5.40. The van der Waals surface area contributed by atoms with E-state index in [1.165, 1.54) is 0 Å². The zero-order valence-electron chi connectivity index (χ0n) is 11.2. The summed E-state index contributed by atoms with van der Waals surface area (Å²) in [6.07, 6.45) is 0. The van der Waals surface area contributed by atoms with Crippen molar-refractivity contribution < 1.29 is 21.3 Å². The predicted molar refractivity (Wildman–Crippen MR) is 70.6 cm³/mol. The van der Waals surface area contributed by atoms with Gasteiger partial charge < -0.3 is 57.2 Å². The zero-order chi connectivity index (χ0) is 15.3. The van der Waals surface area contributed by atoms with E-state index in [-0.39, 0.29) is 29.1 Å². The Hall–Kier alpha value is -2.01. The molecule has 0 aliphatic heterocycles. The topological polar surface area (TPSA) is 280 Å². The van der Waals surface area contributed by atoms with Crippen LogP contribution in [0.5, 0.6) is 0 Å². The van der Waals surface area contributed by atoms with Crippen LogP contribution in [-0.2, 0) is 16.8 Å². The Balaban J connectivity index is -0.0000000147. The van der Waals surface area contributed by atoms with E-state index in [0.29, 0.717) is 0 Å². The minimum atomic E-state index is 0. The first-order chi connectivity index (χ1) is 7.66. The molecule has 0 aromatic carbocycles. The van der Waals surface area contributed by atoms with Crippen LogP contribution in [0, 0.1) is 40.5 Å². The number of hydrogen-bond donors (Lipinski definition) is 2. The minimum absolute atomic E-state index is 0. The van der Waals surface area contributed by atoms with Crippen molar-refractivity contribution in [2.45, 2.75) is 0 Å². The number of hydrogen-bond acceptors (Lipinski definition) is 14. The molecule has 0 amide bonds. The minimum Gasteiger partial charge on any atom is -0.444 e. The average molecular weight is 351 g/mol. The van der Waals surface area contributed by atoms with Gasteiger partial charge in [-0.3, -0.25) is 0 Å². The molecule has 6 N–H and O–H groups in total. The molecular weight excluding hydrogens is 333 g/mol. The van der Waals surface area contributed by atoms with E-state index in [2.05, 4.69) is 28.2 Å². The maximum atomic E-state index is 8.00. The average Bonchev–Trinajstić information content (AvgIpc) is 2.04. The van der Waals surface area contributed by atoms with E-state index in [1.54, 1.807) is 0 Å². The van der Waals surface area contributed by atoms with Crippen molar-refractivity contribution in [2.24, 2.45) is 21.4 Å². The third-order valence-corrected chi connectivity index (χ3v) is 0. The molecule has 0 aromatic rings. The predicted octanol–water partition coefficient (Wildman–Crippen LogP) is 1.65. The molecule has 16 heteroatoms. The first-order valence-electron chi connectivity index (χ1n) is 3.25. The monoisotopic (exact) mass is 351 g/mol. The SMILES string of the molecule is C[N+](C)(C)C.N.N.O=N[O-].O=N[O-].O=N[O-].O=N[O-].[Co+3]. The molecule has 0 saturated heterocycles. The quantitative estimate of drug-likeness (QED) is 0.361. The third kappa shape index (κ3) is 886. The van der Waals surface area contributed by atoms with Crippen molar-refractivity contribution in [3.63, 3.8) is 0 Å². The van der Waals surface area contributed by atoms with Crippen LogP contribution in [0.15, 0.2) is 21.4 Å². The standard InChI is InChI=1S/C4H12N.Co.4HNO2.2H3N/c1-5(2,3)4;;4*2-1-3;;/h1-4H3;;4*(H,2,3);2*1H3/q+1;+3;;;;;;/p-4. The second-order valence-electron chi connectivity index (χ2n) is 2.98. The summed E-state index contributed by atoms with van der Waals surface area (Å²) in [5, 5.41) is 36.0. The van der Waals surface area contributed by atoms with Crippen LogP contribution >= 0.6 is 0 Å². The zero-order valence-corrected chi connectivity index (χ0v) is 12.3. The van der Waals surface area contributed by atoms with Gasteiger partial charge in [0, 0.05) is 0 Å². The maximum absolute atomic E-state index is 8.00. The Morgan fingerprint density at radius 1 is 0.600 bits per heavy atom. The van der Waals surface area contributed by atoms with E-state index in [9.17, 15) is 0 Å². The molecule has 0 fully saturated rings. The molecule has 0 radical (unpaired) electrons. The van der Waals surface area contributed by atoms with Gasteiger partial charge in [-0.05, 0) is 0 Å². The van der Waals surface area contributed by atoms with E-state index < -0.39 is 0 Å². The third-order valence-electron chi connectivity index (χ3n) is 0. The first-order valence-corrected chi connectivity index (χ1v) is 3.25. The Labute approximate surface area is 124 Å². The van der Waals surface area contributed by atoms with Crippen LogP contribution in [0.4, 0.5) is 0 Å². The van der Waals surface area contributed by atoms with Gasteiger partial charge in [-0.1, -0.05) is 0 Å². The summed E-state index contributed by atoms with van der Waals surface area (Å²) >= 11 is 0. The van der Waals surface area contributed by atoms with Crippen molar-refractivity contribution in [3.8, 4) is 0 Å². The van der Waals surface area contributed by atoms with Crippen LogP contribution in [0.25, 0.3) is 0 Å². The maximum Gasteiger partial charge on any atom is 3.00 e. The smallest absolute Gasteiger partial charge is 0.444 e. The summed E-state index contributed by atoms with van der Waals surface area (Å²) in [5.41, 5.74) is 0. The van der Waals surface area contributed by atoms with Crippen molar-refractivity contribution in [1.29, 1.82) is 0 Å². The summed E-state index contributed by atoms with van der Waals surface area (Å²) < 4.78 is 1.00. The van der Waals surface area contributed by atoms with Crippen molar-refractivity contribution in [1.82, 2.24) is 12.3 Å². The molecule has 0 aliphatic rings. The van der Waals surface area contributed by atoms with Crippen LogP contribution in [0.1, 0.15) is 0 Å². The summed E-state index contributed by atoms with van der Waals surface area (Å²) in [5.74, 6) is 0. The molecule has 15 nitrogen and oxygen atoms in total. The van der Waals surface area contributed by atoms with Crippen LogP contribution in [-0.4, -0.2) is 32.7 Å². The Kier molecular flexibility index (Phi) is 177. The summed E-state index contributed by atoms with van der Waals surface area (Å²) in [6, 6.07) is 0. The fraction of sp³-hybridized carbons (Fsp3) is 1.00. The van der Waals surface area contributed by atoms with Gasteiger partial charge in [-0.25, -0.2) is 0 Å². The van der Waals surface area contributed by atoms with Crippen LogP contribution in [0.2, 0.25) is 0 Å². The van der Waals surface area contributed by atoms with E-state index in [4.69, 9.17) is 40.5 Å². The Morgan fingerprint density at radius 3 is 0.600 bits per heavy atom. The van der Waals surface area contributed by atoms with Gasteiger partial charge in [-0.2, -0.15) is 0 Å². The van der Waals surface area contributed by atoms with Gasteiger partial charge in [0.25, 0.3) is 0 Å². The van der Waals surface area contributed by atoms with Gasteiger partial charge in [0.15, 0.2) is 0 Å². The molecule has 0 aromatic heterocycles. The fourth-order valence-corrected chi connectivity index (χ4v) is 0. The Morgan fingerprint density at radius 2 is 0.600 bits per heavy atom. The molecule has 126 valence electrons. The second-order valence-corrected chi connectivity index (χ2v) is 2.98. The molecular formula is C4H18CoN7O8.